The molecular formula is C30H30FN3O6S. The van der Waals surface area contributed by atoms with E-state index in [0.717, 1.165) is 10.5 Å². The number of imide groups is 1. The molecule has 1 N–H and O–H groups in total. The van der Waals surface area contributed by atoms with Gasteiger partial charge in [-0.05, 0) is 91.8 Å². The number of nitrogens with one attached hydrogen (secondary N) is 1. The summed E-state index contributed by atoms with van der Waals surface area (Å²) < 4.78 is 29.2. The molecule has 1 saturated heterocycles. The van der Waals surface area contributed by atoms with Crippen molar-refractivity contribution in [2.24, 2.45) is 0 Å². The molecule has 0 bridgehead atoms. The van der Waals surface area contributed by atoms with Crippen LogP contribution in [0.3, 0.4) is 0 Å². The van der Waals surface area contributed by atoms with Gasteiger partial charge in [0.2, 0.25) is 5.91 Å². The van der Waals surface area contributed by atoms with Gasteiger partial charge in [-0.3, -0.25) is 9.59 Å². The molecule has 1 heterocycles. The predicted octanol–water partition coefficient (Wildman–Crippen LogP) is 4.59. The summed E-state index contributed by atoms with van der Waals surface area (Å²) in [5.41, 5.74) is 2.09. The number of carbonyl (C=O) groups excluding carboxylic acids is 3. The minimum absolute atomic E-state index is 0.102. The van der Waals surface area contributed by atoms with E-state index in [9.17, 15) is 18.8 Å². The zero-order chi connectivity index (χ0) is 29.5. The van der Waals surface area contributed by atoms with Crippen LogP contribution in [0.5, 0.6) is 11.5 Å². The van der Waals surface area contributed by atoms with E-state index in [4.69, 9.17) is 26.4 Å². The number of amides is 2. The number of nitrogens with zero attached hydrogens (tertiary/aromatic N) is 2. The number of thiocarbonyl (C=S) groups is 1. The Labute approximate surface area is 242 Å². The summed E-state index contributed by atoms with van der Waals surface area (Å²) in [6.07, 6.45) is 0.368. The predicted molar refractivity (Wildman–Crippen MR) is 156 cm³/mol. The number of hydrogen-bond acceptors (Lipinski definition) is 7. The highest BCUT2D eigenvalue weighted by Crippen LogP contribution is 2.30. The SMILES string of the molecule is CCOC(=O)c1ccc(N2C(=O)CC(N(CCc3ccc(OC)c(OC)c3)C(=S)Nc3ccc(F)cc3)C2=O)cc1. The number of anilines is 2. The van der Waals surface area contributed by atoms with Gasteiger partial charge in [-0.15, -0.1) is 0 Å². The van der Waals surface area contributed by atoms with Crippen LogP contribution in [0.1, 0.15) is 29.3 Å². The molecule has 0 spiro atoms. The number of halogens is 1. The molecule has 0 aliphatic carbocycles. The lowest BCUT2D eigenvalue weighted by molar-refractivity contribution is -0.122. The second-order valence-corrected chi connectivity index (χ2v) is 9.51. The third-order valence-electron chi connectivity index (χ3n) is 6.58. The van der Waals surface area contributed by atoms with E-state index < -0.39 is 29.6 Å². The zero-order valence-corrected chi connectivity index (χ0v) is 23.7. The summed E-state index contributed by atoms with van der Waals surface area (Å²) >= 11 is 5.69. The van der Waals surface area contributed by atoms with Gasteiger partial charge in [0, 0.05) is 12.2 Å². The molecule has 1 aliphatic heterocycles. The van der Waals surface area contributed by atoms with E-state index in [1.165, 1.54) is 48.5 Å². The van der Waals surface area contributed by atoms with Crippen molar-refractivity contribution in [3.05, 3.63) is 83.7 Å². The van der Waals surface area contributed by atoms with Gasteiger partial charge in [-0.2, -0.15) is 0 Å². The largest absolute Gasteiger partial charge is 0.493 e. The molecule has 11 heteroatoms. The Bertz CT molecular complexity index is 1430. The molecule has 1 aliphatic rings. The summed E-state index contributed by atoms with van der Waals surface area (Å²) in [6.45, 7) is 2.23. The molecule has 0 aromatic heterocycles. The van der Waals surface area contributed by atoms with Gasteiger partial charge in [0.25, 0.3) is 5.91 Å². The minimum Gasteiger partial charge on any atom is -0.493 e. The molecular weight excluding hydrogens is 549 g/mol. The van der Waals surface area contributed by atoms with E-state index >= 15 is 0 Å². The van der Waals surface area contributed by atoms with Gasteiger partial charge in [0.1, 0.15) is 11.9 Å². The van der Waals surface area contributed by atoms with Crippen LogP contribution < -0.4 is 19.7 Å². The molecule has 3 aromatic carbocycles. The third kappa shape index (κ3) is 6.80. The van der Waals surface area contributed by atoms with Gasteiger partial charge in [-0.25, -0.2) is 14.1 Å². The molecule has 1 unspecified atom stereocenters. The Kier molecular flexibility index (Phi) is 9.51. The van der Waals surface area contributed by atoms with Gasteiger partial charge in [0.15, 0.2) is 16.6 Å². The van der Waals surface area contributed by atoms with Gasteiger partial charge in [0.05, 0.1) is 38.5 Å². The van der Waals surface area contributed by atoms with Crippen molar-refractivity contribution in [1.29, 1.82) is 0 Å². The number of benzene rings is 3. The zero-order valence-electron chi connectivity index (χ0n) is 22.9. The first-order chi connectivity index (χ1) is 19.7. The fourth-order valence-corrected chi connectivity index (χ4v) is 4.84. The van der Waals surface area contributed by atoms with Crippen LogP contribution in [0, 0.1) is 5.82 Å². The van der Waals surface area contributed by atoms with Crippen molar-refractivity contribution in [2.45, 2.75) is 25.8 Å². The Hall–Kier alpha value is -4.51. The van der Waals surface area contributed by atoms with Gasteiger partial charge < -0.3 is 24.4 Å². The van der Waals surface area contributed by atoms with Crippen LogP contribution in [0.2, 0.25) is 0 Å². The van der Waals surface area contributed by atoms with Crippen LogP contribution >= 0.6 is 12.2 Å². The summed E-state index contributed by atoms with van der Waals surface area (Å²) in [4.78, 5) is 41.6. The second-order valence-electron chi connectivity index (χ2n) is 9.12. The Balaban J connectivity index is 1.58. The fourth-order valence-electron chi connectivity index (χ4n) is 4.50. The minimum atomic E-state index is -0.882. The maximum absolute atomic E-state index is 13.7. The first-order valence-corrected chi connectivity index (χ1v) is 13.3. The molecule has 0 saturated carbocycles. The van der Waals surface area contributed by atoms with Crippen LogP contribution in [0.4, 0.5) is 15.8 Å². The Morgan fingerprint density at radius 1 is 1.02 bits per heavy atom. The Morgan fingerprint density at radius 3 is 2.34 bits per heavy atom. The quantitative estimate of drug-likeness (QED) is 0.210. The van der Waals surface area contributed by atoms with E-state index in [2.05, 4.69) is 5.32 Å². The molecule has 1 atom stereocenters. The van der Waals surface area contributed by atoms with Crippen LogP contribution in [-0.4, -0.2) is 61.2 Å². The van der Waals surface area contributed by atoms with E-state index in [1.807, 2.05) is 12.1 Å². The summed E-state index contributed by atoms with van der Waals surface area (Å²) in [5.74, 6) is -0.586. The number of esters is 1. The third-order valence-corrected chi connectivity index (χ3v) is 6.92. The lowest BCUT2D eigenvalue weighted by Crippen LogP contribution is -2.48. The van der Waals surface area contributed by atoms with Gasteiger partial charge in [-0.1, -0.05) is 6.07 Å². The lowest BCUT2D eigenvalue weighted by atomic mass is 10.1. The van der Waals surface area contributed by atoms with Crippen molar-refractivity contribution in [3.63, 3.8) is 0 Å². The highest BCUT2D eigenvalue weighted by Gasteiger charge is 2.43. The van der Waals surface area contributed by atoms with Crippen LogP contribution in [0.25, 0.3) is 0 Å². The summed E-state index contributed by atoms with van der Waals surface area (Å²) in [7, 11) is 3.10. The van der Waals surface area contributed by atoms with Crippen molar-refractivity contribution < 1.29 is 33.0 Å². The average molecular weight is 580 g/mol. The molecule has 3 aromatic rings. The van der Waals surface area contributed by atoms with E-state index in [0.29, 0.717) is 41.4 Å². The number of rotatable bonds is 10. The normalized spacial score (nSPS) is 14.5. The standard InChI is InChI=1S/C30H30FN3O6S/c1-4-40-29(37)20-6-12-23(13-7-20)34-27(35)18-24(28(34)36)33(30(41)32-22-10-8-21(31)9-11-22)16-15-19-5-14-25(38-2)26(17-19)39-3/h5-14,17,24H,4,15-16,18H2,1-3H3,(H,32,41). The lowest BCUT2D eigenvalue weighted by Gasteiger charge is -2.30. The van der Waals surface area contributed by atoms with Gasteiger partial charge >= 0.3 is 5.97 Å². The van der Waals surface area contributed by atoms with E-state index in [1.54, 1.807) is 32.1 Å². The Morgan fingerprint density at radius 2 is 1.71 bits per heavy atom. The van der Waals surface area contributed by atoms with Crippen LogP contribution in [0.15, 0.2) is 66.7 Å². The van der Waals surface area contributed by atoms with Crippen molar-refractivity contribution >= 4 is 46.5 Å². The molecule has 41 heavy (non-hydrogen) atoms. The molecule has 4 rings (SSSR count). The topological polar surface area (TPSA) is 97.4 Å². The maximum atomic E-state index is 13.7. The van der Waals surface area contributed by atoms with Crippen molar-refractivity contribution in [3.8, 4) is 11.5 Å². The summed E-state index contributed by atoms with van der Waals surface area (Å²) in [5, 5.41) is 3.27. The number of hydrogen-bond donors (Lipinski definition) is 1. The molecule has 214 valence electrons. The summed E-state index contributed by atoms with van der Waals surface area (Å²) in [6, 6.07) is 16.4. The smallest absolute Gasteiger partial charge is 0.338 e. The van der Waals surface area contributed by atoms with Crippen molar-refractivity contribution in [1.82, 2.24) is 4.90 Å². The highest BCUT2D eigenvalue weighted by molar-refractivity contribution is 7.80. The second kappa shape index (κ2) is 13.2. The molecule has 1 fully saturated rings. The number of ether oxygens (including phenoxy) is 3. The van der Waals surface area contributed by atoms with Crippen LogP contribution in [-0.2, 0) is 20.7 Å². The highest BCUT2D eigenvalue weighted by atomic mass is 32.1. The average Bonchev–Trinajstić information content (AvgIpc) is 3.27. The molecule has 2 amide bonds. The number of methoxy groups -OCH3 is 2. The van der Waals surface area contributed by atoms with Crippen molar-refractivity contribution in [2.75, 3.05) is 37.6 Å². The first kappa shape index (κ1) is 29.5. The van der Waals surface area contributed by atoms with E-state index in [-0.39, 0.29) is 18.1 Å². The molecule has 9 nitrogen and oxygen atoms in total. The fraction of sp³-hybridized carbons (Fsp3) is 0.267. The number of carbonyl (C=O) groups is 3. The maximum Gasteiger partial charge on any atom is 0.338 e. The first-order valence-electron chi connectivity index (χ1n) is 12.9. The molecule has 0 radical (unpaired) electrons. The monoisotopic (exact) mass is 579 g/mol.